The van der Waals surface area contributed by atoms with Gasteiger partial charge in [0.2, 0.25) is 10.0 Å². The SMILES string of the molecule is NC(=O)c1[nH]c2ccc(Br)cc2c1S(=O)(=O)N1CCC1. The zero-order valence-electron chi connectivity index (χ0n) is 10.4. The number of aromatic nitrogens is 1. The first kappa shape index (κ1) is 13.6. The van der Waals surface area contributed by atoms with Crippen molar-refractivity contribution in [3.8, 4) is 0 Å². The zero-order chi connectivity index (χ0) is 14.5. The normalized spacial score (nSPS) is 16.2. The van der Waals surface area contributed by atoms with Gasteiger partial charge in [-0.25, -0.2) is 8.42 Å². The Labute approximate surface area is 124 Å². The van der Waals surface area contributed by atoms with Gasteiger partial charge < -0.3 is 10.7 Å². The molecule has 106 valence electrons. The van der Waals surface area contributed by atoms with Crippen LogP contribution in [0.2, 0.25) is 0 Å². The van der Waals surface area contributed by atoms with Gasteiger partial charge in [0.1, 0.15) is 10.6 Å². The summed E-state index contributed by atoms with van der Waals surface area (Å²) in [6.45, 7) is 0.947. The predicted octanol–water partition coefficient (Wildman–Crippen LogP) is 1.42. The number of benzene rings is 1. The van der Waals surface area contributed by atoms with E-state index < -0.39 is 15.9 Å². The minimum Gasteiger partial charge on any atom is -0.364 e. The molecule has 1 aromatic carbocycles. The summed E-state index contributed by atoms with van der Waals surface area (Å²) in [6, 6.07) is 5.15. The third-order valence-corrected chi connectivity index (χ3v) is 5.85. The van der Waals surface area contributed by atoms with E-state index in [9.17, 15) is 13.2 Å². The van der Waals surface area contributed by atoms with E-state index >= 15 is 0 Å². The Hall–Kier alpha value is -1.38. The summed E-state index contributed by atoms with van der Waals surface area (Å²) < 4.78 is 27.3. The number of nitrogens with zero attached hydrogens (tertiary/aromatic N) is 1. The molecule has 0 unspecified atom stereocenters. The highest BCUT2D eigenvalue weighted by Crippen LogP contribution is 2.32. The Kier molecular flexibility index (Phi) is 3.11. The number of rotatable bonds is 3. The van der Waals surface area contributed by atoms with Gasteiger partial charge in [-0.3, -0.25) is 4.79 Å². The highest BCUT2D eigenvalue weighted by atomic mass is 79.9. The molecule has 3 rings (SSSR count). The number of nitrogens with one attached hydrogen (secondary N) is 1. The second-order valence-electron chi connectivity index (χ2n) is 4.64. The third kappa shape index (κ3) is 1.95. The molecule has 0 bridgehead atoms. The molecule has 0 atom stereocenters. The largest absolute Gasteiger partial charge is 0.364 e. The maximum atomic E-state index is 12.6. The number of halogens is 1. The number of hydrogen-bond donors (Lipinski definition) is 2. The summed E-state index contributed by atoms with van der Waals surface area (Å²) in [7, 11) is -3.70. The van der Waals surface area contributed by atoms with Gasteiger partial charge in [0.25, 0.3) is 5.91 Å². The first-order valence-corrected chi connectivity index (χ1v) is 8.26. The van der Waals surface area contributed by atoms with Crippen molar-refractivity contribution in [1.82, 2.24) is 9.29 Å². The topological polar surface area (TPSA) is 96.3 Å². The average molecular weight is 358 g/mol. The Morgan fingerprint density at radius 3 is 2.60 bits per heavy atom. The molecular weight excluding hydrogens is 346 g/mol. The second-order valence-corrected chi connectivity index (χ2v) is 7.43. The van der Waals surface area contributed by atoms with Gasteiger partial charge in [0, 0.05) is 28.5 Å². The Balaban J connectivity index is 2.34. The molecule has 1 aromatic heterocycles. The number of primary amides is 1. The van der Waals surface area contributed by atoms with Gasteiger partial charge >= 0.3 is 0 Å². The number of hydrogen-bond acceptors (Lipinski definition) is 3. The summed E-state index contributed by atoms with van der Waals surface area (Å²) >= 11 is 3.31. The number of nitrogens with two attached hydrogens (primary N) is 1. The molecule has 0 aliphatic carbocycles. The molecule has 8 heteroatoms. The molecule has 0 saturated carbocycles. The first-order chi connectivity index (χ1) is 9.41. The standard InChI is InChI=1S/C12H12BrN3O3S/c13-7-2-3-9-8(6-7)11(10(15-9)12(14)17)20(18,19)16-4-1-5-16/h2-3,6,15H,1,4-5H2,(H2,14,17). The van der Waals surface area contributed by atoms with E-state index in [1.807, 2.05) is 0 Å². The Bertz CT molecular complexity index is 809. The van der Waals surface area contributed by atoms with Gasteiger partial charge in [0.15, 0.2) is 0 Å². The lowest BCUT2D eigenvalue weighted by atomic mass is 10.2. The van der Waals surface area contributed by atoms with E-state index in [-0.39, 0.29) is 10.6 Å². The number of carbonyl (C=O) groups is 1. The zero-order valence-corrected chi connectivity index (χ0v) is 12.8. The number of fused-ring (bicyclic) bond motifs is 1. The van der Waals surface area contributed by atoms with Gasteiger partial charge in [-0.2, -0.15) is 4.31 Å². The summed E-state index contributed by atoms with van der Waals surface area (Å²) in [5.74, 6) is -0.781. The summed E-state index contributed by atoms with van der Waals surface area (Å²) in [5.41, 5.74) is 5.81. The fourth-order valence-corrected chi connectivity index (χ4v) is 4.45. The van der Waals surface area contributed by atoms with E-state index in [2.05, 4.69) is 20.9 Å². The maximum Gasteiger partial charge on any atom is 0.266 e. The lowest BCUT2D eigenvalue weighted by Crippen LogP contribution is -2.42. The van der Waals surface area contributed by atoms with Crippen molar-refractivity contribution >= 4 is 42.8 Å². The second kappa shape index (κ2) is 4.57. The average Bonchev–Trinajstić information content (AvgIpc) is 2.64. The van der Waals surface area contributed by atoms with E-state index in [0.717, 1.165) is 10.9 Å². The van der Waals surface area contributed by atoms with Crippen LogP contribution in [0.15, 0.2) is 27.6 Å². The highest BCUT2D eigenvalue weighted by molar-refractivity contribution is 9.10. The van der Waals surface area contributed by atoms with Crippen LogP contribution in [0.4, 0.5) is 0 Å². The molecule has 20 heavy (non-hydrogen) atoms. The van der Waals surface area contributed by atoms with E-state index in [1.54, 1.807) is 18.2 Å². The van der Waals surface area contributed by atoms with E-state index in [0.29, 0.717) is 24.0 Å². The minimum absolute atomic E-state index is 0.0269. The molecule has 1 amide bonds. The van der Waals surface area contributed by atoms with Crippen molar-refractivity contribution in [1.29, 1.82) is 0 Å². The Morgan fingerprint density at radius 1 is 1.35 bits per heavy atom. The fourth-order valence-electron chi connectivity index (χ4n) is 2.24. The van der Waals surface area contributed by atoms with Crippen LogP contribution in [0.25, 0.3) is 10.9 Å². The summed E-state index contributed by atoms with van der Waals surface area (Å²) in [4.78, 5) is 14.3. The van der Waals surface area contributed by atoms with Crippen LogP contribution >= 0.6 is 15.9 Å². The van der Waals surface area contributed by atoms with Gasteiger partial charge in [-0.1, -0.05) is 15.9 Å². The first-order valence-electron chi connectivity index (χ1n) is 6.02. The van der Waals surface area contributed by atoms with Crippen LogP contribution in [0.3, 0.4) is 0 Å². The molecule has 1 saturated heterocycles. The molecule has 1 aliphatic rings. The van der Waals surface area contributed by atoms with E-state index in [1.165, 1.54) is 4.31 Å². The van der Waals surface area contributed by atoms with Crippen LogP contribution in [-0.4, -0.2) is 36.7 Å². The monoisotopic (exact) mass is 357 g/mol. The Morgan fingerprint density at radius 2 is 2.05 bits per heavy atom. The number of H-pyrrole nitrogens is 1. The van der Waals surface area contributed by atoms with Crippen LogP contribution < -0.4 is 5.73 Å². The molecule has 3 N–H and O–H groups in total. The molecule has 0 radical (unpaired) electrons. The maximum absolute atomic E-state index is 12.6. The summed E-state index contributed by atoms with van der Waals surface area (Å²) in [5, 5.41) is 0.472. The van der Waals surface area contributed by atoms with Crippen LogP contribution in [0.5, 0.6) is 0 Å². The third-order valence-electron chi connectivity index (χ3n) is 3.37. The number of sulfonamides is 1. The van der Waals surface area contributed by atoms with Crippen LogP contribution in [0, 0.1) is 0 Å². The lowest BCUT2D eigenvalue weighted by molar-refractivity contribution is 0.0993. The van der Waals surface area contributed by atoms with Crippen molar-refractivity contribution in [2.45, 2.75) is 11.3 Å². The number of amides is 1. The van der Waals surface area contributed by atoms with Crippen molar-refractivity contribution < 1.29 is 13.2 Å². The lowest BCUT2D eigenvalue weighted by Gasteiger charge is -2.29. The molecule has 1 fully saturated rings. The molecule has 1 aliphatic heterocycles. The van der Waals surface area contributed by atoms with Crippen molar-refractivity contribution in [2.24, 2.45) is 5.73 Å². The van der Waals surface area contributed by atoms with Crippen molar-refractivity contribution in [3.63, 3.8) is 0 Å². The summed E-state index contributed by atoms with van der Waals surface area (Å²) in [6.07, 6.45) is 0.831. The smallest absolute Gasteiger partial charge is 0.266 e. The van der Waals surface area contributed by atoms with Gasteiger partial charge in [0.05, 0.1) is 0 Å². The van der Waals surface area contributed by atoms with E-state index in [4.69, 9.17) is 5.73 Å². The van der Waals surface area contributed by atoms with Crippen LogP contribution in [0.1, 0.15) is 16.9 Å². The minimum atomic E-state index is -3.70. The quantitative estimate of drug-likeness (QED) is 0.869. The number of carbonyl (C=O) groups excluding carboxylic acids is 1. The van der Waals surface area contributed by atoms with Gasteiger partial charge in [-0.15, -0.1) is 0 Å². The highest BCUT2D eigenvalue weighted by Gasteiger charge is 2.35. The molecule has 6 nitrogen and oxygen atoms in total. The van der Waals surface area contributed by atoms with Crippen molar-refractivity contribution in [3.05, 3.63) is 28.4 Å². The fraction of sp³-hybridized carbons (Fsp3) is 0.250. The molecular formula is C12H12BrN3O3S. The predicted molar refractivity (Wildman–Crippen MR) is 77.9 cm³/mol. The molecule has 0 spiro atoms. The van der Waals surface area contributed by atoms with Crippen LogP contribution in [-0.2, 0) is 10.0 Å². The molecule has 2 aromatic rings. The van der Waals surface area contributed by atoms with Crippen molar-refractivity contribution in [2.75, 3.05) is 13.1 Å². The van der Waals surface area contributed by atoms with Gasteiger partial charge in [-0.05, 0) is 24.6 Å². The number of aromatic amines is 1. The molecule has 2 heterocycles.